The second-order valence-corrected chi connectivity index (χ2v) is 10.1. The average Bonchev–Trinajstić information content (AvgIpc) is 3.49. The maximum absolute atomic E-state index is 6.53. The molecule has 0 saturated carbocycles. The van der Waals surface area contributed by atoms with E-state index in [0.29, 0.717) is 29.8 Å². The fourth-order valence-electron chi connectivity index (χ4n) is 4.14. The minimum absolute atomic E-state index is 0.251. The minimum atomic E-state index is -1.05. The number of ether oxygens (including phenoxy) is 3. The lowest BCUT2D eigenvalue weighted by atomic mass is 10.1. The lowest BCUT2D eigenvalue weighted by molar-refractivity contribution is -0.189. The fraction of sp³-hybridized carbons (Fsp3) is 0.375. The number of hydrogen-bond donors (Lipinski definition) is 0. The molecule has 2 saturated heterocycles. The summed E-state index contributed by atoms with van der Waals surface area (Å²) in [5.41, 5.74) is 1.97. The van der Waals surface area contributed by atoms with Crippen LogP contribution in [0.25, 0.3) is 0 Å². The van der Waals surface area contributed by atoms with E-state index in [1.54, 1.807) is 24.7 Å². The maximum atomic E-state index is 6.53. The smallest absolute Gasteiger partial charge is 0.215 e. The van der Waals surface area contributed by atoms with Gasteiger partial charge in [-0.05, 0) is 36.4 Å². The standard InChI is InChI=1S/C24H25Cl2N3O3S/c25-18-1-6-22(23(26)13-18)24(16-28-8-7-27-17-28)31-15-21(32-24)14-30-20-4-2-19(3-5-20)29-9-11-33-12-10-29/h1-8,13,17,21H,9-12,14-16H2/t21-,24-/m1/s1. The summed E-state index contributed by atoms with van der Waals surface area (Å²) in [7, 11) is 0. The van der Waals surface area contributed by atoms with E-state index in [0.717, 1.165) is 24.4 Å². The molecule has 33 heavy (non-hydrogen) atoms. The van der Waals surface area contributed by atoms with Crippen LogP contribution in [-0.2, 0) is 21.8 Å². The van der Waals surface area contributed by atoms with Gasteiger partial charge in [-0.3, -0.25) is 0 Å². The van der Waals surface area contributed by atoms with Crippen molar-refractivity contribution in [3.63, 3.8) is 0 Å². The Morgan fingerprint density at radius 1 is 1.12 bits per heavy atom. The van der Waals surface area contributed by atoms with Gasteiger partial charge in [0.05, 0.1) is 24.5 Å². The number of anilines is 1. The molecule has 0 unspecified atom stereocenters. The molecule has 2 aliphatic rings. The Balaban J connectivity index is 1.26. The summed E-state index contributed by atoms with van der Waals surface area (Å²) in [5.74, 6) is 2.11. The molecule has 0 N–H and O–H groups in total. The first-order valence-corrected chi connectivity index (χ1v) is 12.8. The van der Waals surface area contributed by atoms with Crippen LogP contribution in [0.1, 0.15) is 5.56 Å². The molecule has 0 radical (unpaired) electrons. The third kappa shape index (κ3) is 5.28. The molecule has 174 valence electrons. The Bertz CT molecular complexity index is 1060. The molecule has 3 heterocycles. The number of halogens is 2. The van der Waals surface area contributed by atoms with Crippen LogP contribution in [0.4, 0.5) is 5.69 Å². The van der Waals surface area contributed by atoms with Gasteiger partial charge >= 0.3 is 0 Å². The summed E-state index contributed by atoms with van der Waals surface area (Å²) in [6, 6.07) is 13.6. The molecule has 0 aliphatic carbocycles. The molecular weight excluding hydrogens is 481 g/mol. The molecule has 2 atom stereocenters. The summed E-state index contributed by atoms with van der Waals surface area (Å²) in [5, 5.41) is 1.06. The van der Waals surface area contributed by atoms with Crippen LogP contribution < -0.4 is 9.64 Å². The second-order valence-electron chi connectivity index (χ2n) is 8.07. The molecule has 9 heteroatoms. The van der Waals surface area contributed by atoms with E-state index < -0.39 is 5.79 Å². The topological polar surface area (TPSA) is 48.8 Å². The van der Waals surface area contributed by atoms with Crippen molar-refractivity contribution >= 4 is 40.7 Å². The monoisotopic (exact) mass is 505 g/mol. The van der Waals surface area contributed by atoms with Crippen molar-refractivity contribution in [2.75, 3.05) is 42.7 Å². The van der Waals surface area contributed by atoms with Gasteiger partial charge in [0.25, 0.3) is 0 Å². The predicted molar refractivity (Wildman–Crippen MR) is 133 cm³/mol. The third-order valence-electron chi connectivity index (χ3n) is 5.80. The summed E-state index contributed by atoms with van der Waals surface area (Å²) in [6.07, 6.45) is 5.06. The molecule has 2 aromatic carbocycles. The third-order valence-corrected chi connectivity index (χ3v) is 7.29. The number of thioether (sulfide) groups is 1. The van der Waals surface area contributed by atoms with E-state index in [-0.39, 0.29) is 6.10 Å². The number of imidazole rings is 1. The Hall–Kier alpha value is -1.90. The van der Waals surface area contributed by atoms with Gasteiger partial charge in [-0.2, -0.15) is 11.8 Å². The molecule has 1 aromatic heterocycles. The highest BCUT2D eigenvalue weighted by molar-refractivity contribution is 7.99. The van der Waals surface area contributed by atoms with Gasteiger partial charge in [0.2, 0.25) is 5.79 Å². The molecule has 2 aliphatic heterocycles. The van der Waals surface area contributed by atoms with E-state index in [1.807, 2.05) is 40.7 Å². The average molecular weight is 506 g/mol. The highest BCUT2D eigenvalue weighted by Crippen LogP contribution is 2.40. The largest absolute Gasteiger partial charge is 0.491 e. The van der Waals surface area contributed by atoms with Crippen molar-refractivity contribution in [3.05, 3.63) is 76.8 Å². The van der Waals surface area contributed by atoms with Crippen LogP contribution >= 0.6 is 35.0 Å². The number of benzene rings is 2. The van der Waals surface area contributed by atoms with Crippen LogP contribution in [-0.4, -0.2) is 53.5 Å². The van der Waals surface area contributed by atoms with Crippen LogP contribution in [0.15, 0.2) is 61.2 Å². The van der Waals surface area contributed by atoms with Crippen LogP contribution in [0, 0.1) is 0 Å². The first-order chi connectivity index (χ1) is 16.1. The Kier molecular flexibility index (Phi) is 7.04. The normalized spacial score (nSPS) is 23.1. The van der Waals surface area contributed by atoms with Gasteiger partial charge < -0.3 is 23.7 Å². The number of rotatable bonds is 7. The zero-order valence-electron chi connectivity index (χ0n) is 18.0. The van der Waals surface area contributed by atoms with Crippen LogP contribution in [0.2, 0.25) is 10.0 Å². The van der Waals surface area contributed by atoms with Crippen LogP contribution in [0.3, 0.4) is 0 Å². The summed E-state index contributed by atoms with van der Waals surface area (Å²) >= 11 is 14.7. The highest BCUT2D eigenvalue weighted by Gasteiger charge is 2.45. The molecule has 3 aromatic rings. The highest BCUT2D eigenvalue weighted by atomic mass is 35.5. The van der Waals surface area contributed by atoms with Crippen LogP contribution in [0.5, 0.6) is 5.75 Å². The molecular formula is C24H25Cl2N3O3S. The quantitative estimate of drug-likeness (QED) is 0.445. The van der Waals surface area contributed by atoms with Crippen molar-refractivity contribution in [1.82, 2.24) is 9.55 Å². The second kappa shape index (κ2) is 10.2. The first kappa shape index (κ1) is 22.9. The molecule has 0 spiro atoms. The van der Waals surface area contributed by atoms with Gasteiger partial charge in [-0.1, -0.05) is 29.3 Å². The van der Waals surface area contributed by atoms with E-state index in [4.69, 9.17) is 37.4 Å². The number of aromatic nitrogens is 2. The summed E-state index contributed by atoms with van der Waals surface area (Å²) in [4.78, 5) is 6.54. The lowest BCUT2D eigenvalue weighted by Gasteiger charge is -2.30. The van der Waals surface area contributed by atoms with Crippen molar-refractivity contribution in [2.24, 2.45) is 0 Å². The van der Waals surface area contributed by atoms with E-state index in [2.05, 4.69) is 22.0 Å². The summed E-state index contributed by atoms with van der Waals surface area (Å²) < 4.78 is 20.6. The Morgan fingerprint density at radius 3 is 2.67 bits per heavy atom. The zero-order valence-corrected chi connectivity index (χ0v) is 20.4. The predicted octanol–water partition coefficient (Wildman–Crippen LogP) is 5.09. The molecule has 2 fully saturated rings. The molecule has 0 amide bonds. The maximum Gasteiger partial charge on any atom is 0.215 e. The van der Waals surface area contributed by atoms with Crippen molar-refractivity contribution in [1.29, 1.82) is 0 Å². The fourth-order valence-corrected chi connectivity index (χ4v) is 5.59. The Labute approximate surface area is 207 Å². The van der Waals surface area contributed by atoms with Gasteiger partial charge in [-0.15, -0.1) is 0 Å². The molecule has 5 rings (SSSR count). The molecule has 6 nitrogen and oxygen atoms in total. The minimum Gasteiger partial charge on any atom is -0.491 e. The first-order valence-electron chi connectivity index (χ1n) is 10.9. The van der Waals surface area contributed by atoms with E-state index in [9.17, 15) is 0 Å². The Morgan fingerprint density at radius 2 is 1.94 bits per heavy atom. The number of nitrogens with zero attached hydrogens (tertiary/aromatic N) is 3. The summed E-state index contributed by atoms with van der Waals surface area (Å²) in [6.45, 7) is 3.34. The number of hydrogen-bond acceptors (Lipinski definition) is 6. The van der Waals surface area contributed by atoms with Gasteiger partial charge in [0.15, 0.2) is 0 Å². The zero-order chi connectivity index (χ0) is 22.7. The van der Waals surface area contributed by atoms with Crippen molar-refractivity contribution in [3.8, 4) is 5.75 Å². The van der Waals surface area contributed by atoms with Gasteiger partial charge in [0, 0.05) is 53.3 Å². The van der Waals surface area contributed by atoms with Crippen molar-refractivity contribution in [2.45, 2.75) is 18.4 Å². The van der Waals surface area contributed by atoms with E-state index in [1.165, 1.54) is 17.2 Å². The SMILES string of the molecule is Clc1ccc([C@]2(Cn3ccnc3)OC[C@@H](COc3ccc(N4CCSCC4)cc3)O2)c(Cl)c1. The van der Waals surface area contributed by atoms with Crippen molar-refractivity contribution < 1.29 is 14.2 Å². The molecule has 0 bridgehead atoms. The van der Waals surface area contributed by atoms with Gasteiger partial charge in [0.1, 0.15) is 18.5 Å². The van der Waals surface area contributed by atoms with Gasteiger partial charge in [-0.25, -0.2) is 4.98 Å². The lowest BCUT2D eigenvalue weighted by Crippen LogP contribution is -2.34. The van der Waals surface area contributed by atoms with E-state index >= 15 is 0 Å².